The molecule has 4 rings (SSSR count). The summed E-state index contributed by atoms with van der Waals surface area (Å²) in [7, 11) is 1.60. The van der Waals surface area contributed by atoms with E-state index >= 15 is 0 Å². The van der Waals surface area contributed by atoms with E-state index in [1.165, 1.54) is 0 Å². The van der Waals surface area contributed by atoms with Crippen LogP contribution in [0.4, 0.5) is 5.82 Å². The summed E-state index contributed by atoms with van der Waals surface area (Å²) in [6, 6.07) is 5.18. The molecule has 0 aliphatic carbocycles. The number of fused-ring (bicyclic) bond motifs is 3. The summed E-state index contributed by atoms with van der Waals surface area (Å²) >= 11 is 3.27. The van der Waals surface area contributed by atoms with E-state index in [-0.39, 0.29) is 18.5 Å². The highest BCUT2D eigenvalue weighted by Crippen LogP contribution is 2.31. The Morgan fingerprint density at radius 3 is 2.87 bits per heavy atom. The maximum Gasteiger partial charge on any atom is 0.273 e. The maximum absolute atomic E-state index is 13.4. The molecule has 3 aromatic rings. The van der Waals surface area contributed by atoms with E-state index in [1.54, 1.807) is 30.3 Å². The van der Waals surface area contributed by atoms with Gasteiger partial charge >= 0.3 is 0 Å². The Morgan fingerprint density at radius 2 is 2.13 bits per heavy atom. The second-order valence-electron chi connectivity index (χ2n) is 7.12. The van der Waals surface area contributed by atoms with Gasteiger partial charge in [0.2, 0.25) is 0 Å². The van der Waals surface area contributed by atoms with Crippen LogP contribution in [-0.2, 0) is 29.2 Å². The number of hydrogen-bond donors (Lipinski definition) is 1. The summed E-state index contributed by atoms with van der Waals surface area (Å²) in [5.41, 5.74) is 9.49. The third kappa shape index (κ3) is 3.98. The minimum atomic E-state index is -0.226. The zero-order valence-electron chi connectivity index (χ0n) is 16.6. The molecule has 0 saturated heterocycles. The third-order valence-electron chi connectivity index (χ3n) is 5.05. The van der Waals surface area contributed by atoms with Gasteiger partial charge in [0.1, 0.15) is 16.1 Å². The van der Waals surface area contributed by atoms with E-state index in [0.29, 0.717) is 47.1 Å². The number of methoxy groups -OCH3 is 1. The van der Waals surface area contributed by atoms with Crippen molar-refractivity contribution in [1.82, 2.24) is 25.1 Å². The average molecular weight is 473 g/mol. The molecule has 1 aliphatic heterocycles. The number of nitrogens with two attached hydrogens (primary N) is 1. The number of rotatable bonds is 6. The zero-order valence-corrected chi connectivity index (χ0v) is 18.2. The fourth-order valence-electron chi connectivity index (χ4n) is 3.50. The number of halogens is 1. The molecule has 1 amide bonds. The molecule has 0 aromatic carbocycles. The molecule has 0 bridgehead atoms. The largest absolute Gasteiger partial charge is 0.383 e. The SMILES string of the molecule is COC[C@@H](C)N(Cc1ccc(Br)nn1)C(=O)c1cc2c3c(c(N)nc2cn1)COC3. The van der Waals surface area contributed by atoms with Crippen LogP contribution < -0.4 is 5.73 Å². The quantitative estimate of drug-likeness (QED) is 0.581. The Kier molecular flexibility index (Phi) is 5.89. The molecular formula is C20H21BrN6O3. The topological polar surface area (TPSA) is 116 Å². The van der Waals surface area contributed by atoms with Crippen molar-refractivity contribution in [2.75, 3.05) is 19.5 Å². The van der Waals surface area contributed by atoms with Gasteiger partial charge in [0.15, 0.2) is 0 Å². The first-order valence-electron chi connectivity index (χ1n) is 9.40. The van der Waals surface area contributed by atoms with Crippen molar-refractivity contribution in [1.29, 1.82) is 0 Å². The molecule has 30 heavy (non-hydrogen) atoms. The molecule has 0 fully saturated rings. The van der Waals surface area contributed by atoms with Crippen LogP contribution in [0.1, 0.15) is 34.2 Å². The van der Waals surface area contributed by atoms with Gasteiger partial charge in [-0.3, -0.25) is 4.79 Å². The highest BCUT2D eigenvalue weighted by atomic mass is 79.9. The number of amides is 1. The molecule has 2 N–H and O–H groups in total. The smallest absolute Gasteiger partial charge is 0.273 e. The third-order valence-corrected chi connectivity index (χ3v) is 5.48. The van der Waals surface area contributed by atoms with Crippen LogP contribution in [0.15, 0.2) is 29.0 Å². The summed E-state index contributed by atoms with van der Waals surface area (Å²) in [6.07, 6.45) is 1.58. The lowest BCUT2D eigenvalue weighted by Gasteiger charge is -2.28. The normalized spacial score (nSPS) is 14.0. The average Bonchev–Trinajstić information content (AvgIpc) is 3.24. The Balaban J connectivity index is 1.70. The summed E-state index contributed by atoms with van der Waals surface area (Å²) in [5.74, 6) is 0.218. The van der Waals surface area contributed by atoms with Crippen LogP contribution in [0.3, 0.4) is 0 Å². The van der Waals surface area contributed by atoms with Crippen LogP contribution >= 0.6 is 15.9 Å². The summed E-state index contributed by atoms with van der Waals surface area (Å²) < 4.78 is 11.4. The number of ether oxygens (including phenoxy) is 2. The summed E-state index contributed by atoms with van der Waals surface area (Å²) in [6.45, 7) is 3.45. The van der Waals surface area contributed by atoms with Crippen LogP contribution in [0.5, 0.6) is 0 Å². The monoisotopic (exact) mass is 472 g/mol. The van der Waals surface area contributed by atoms with Crippen LogP contribution in [0.2, 0.25) is 0 Å². The predicted octanol–water partition coefficient (Wildman–Crippen LogP) is 2.47. The van der Waals surface area contributed by atoms with E-state index in [1.807, 2.05) is 13.0 Å². The van der Waals surface area contributed by atoms with Crippen LogP contribution in [0.25, 0.3) is 10.9 Å². The second kappa shape index (κ2) is 8.58. The molecule has 0 saturated carbocycles. The molecule has 0 radical (unpaired) electrons. The molecule has 1 aliphatic rings. The van der Waals surface area contributed by atoms with Crippen LogP contribution in [0, 0.1) is 0 Å². The molecule has 3 aromatic heterocycles. The van der Waals surface area contributed by atoms with Crippen molar-refractivity contribution in [2.45, 2.75) is 32.7 Å². The minimum absolute atomic E-state index is 0.191. The predicted molar refractivity (Wildman–Crippen MR) is 113 cm³/mol. The fourth-order valence-corrected chi connectivity index (χ4v) is 3.71. The lowest BCUT2D eigenvalue weighted by Crippen LogP contribution is -2.41. The van der Waals surface area contributed by atoms with Gasteiger partial charge in [0.25, 0.3) is 5.91 Å². The molecular weight excluding hydrogens is 452 g/mol. The Morgan fingerprint density at radius 1 is 1.33 bits per heavy atom. The Labute approximate surface area is 181 Å². The van der Waals surface area contributed by atoms with Gasteiger partial charge in [-0.2, -0.15) is 5.10 Å². The van der Waals surface area contributed by atoms with Gasteiger partial charge < -0.3 is 20.1 Å². The van der Waals surface area contributed by atoms with E-state index in [2.05, 4.69) is 36.1 Å². The fraction of sp³-hybridized carbons (Fsp3) is 0.350. The number of anilines is 1. The van der Waals surface area contributed by atoms with Gasteiger partial charge in [0, 0.05) is 18.1 Å². The number of nitrogen functional groups attached to an aromatic ring is 1. The highest BCUT2D eigenvalue weighted by molar-refractivity contribution is 9.10. The van der Waals surface area contributed by atoms with E-state index in [4.69, 9.17) is 15.2 Å². The number of carbonyl (C=O) groups excluding carboxylic acids is 1. The molecule has 9 nitrogen and oxygen atoms in total. The first kappa shape index (κ1) is 20.6. The van der Waals surface area contributed by atoms with Gasteiger partial charge in [0.05, 0.1) is 49.8 Å². The molecule has 156 valence electrons. The number of aromatic nitrogens is 4. The maximum atomic E-state index is 13.4. The molecule has 10 heteroatoms. The van der Waals surface area contributed by atoms with Crippen molar-refractivity contribution in [3.05, 3.63) is 51.5 Å². The van der Waals surface area contributed by atoms with Gasteiger partial charge in [-0.05, 0) is 46.6 Å². The van der Waals surface area contributed by atoms with Crippen molar-refractivity contribution in [3.63, 3.8) is 0 Å². The van der Waals surface area contributed by atoms with E-state index < -0.39 is 0 Å². The number of nitrogens with zero attached hydrogens (tertiary/aromatic N) is 5. The molecule has 0 unspecified atom stereocenters. The first-order valence-corrected chi connectivity index (χ1v) is 10.2. The molecule has 0 spiro atoms. The molecule has 1 atom stereocenters. The van der Waals surface area contributed by atoms with Gasteiger partial charge in [-0.25, -0.2) is 9.97 Å². The molecule has 4 heterocycles. The van der Waals surface area contributed by atoms with Crippen molar-refractivity contribution >= 4 is 38.6 Å². The lowest BCUT2D eigenvalue weighted by molar-refractivity contribution is 0.0532. The Bertz CT molecular complexity index is 1090. The minimum Gasteiger partial charge on any atom is -0.383 e. The Hall–Kier alpha value is -2.69. The first-order chi connectivity index (χ1) is 14.5. The number of carbonyl (C=O) groups is 1. The van der Waals surface area contributed by atoms with E-state index in [0.717, 1.165) is 16.5 Å². The van der Waals surface area contributed by atoms with Crippen molar-refractivity contribution in [2.24, 2.45) is 0 Å². The zero-order chi connectivity index (χ0) is 21.3. The van der Waals surface area contributed by atoms with Crippen LogP contribution in [-0.4, -0.2) is 50.7 Å². The summed E-state index contributed by atoms with van der Waals surface area (Å²) in [5, 5.41) is 8.99. The summed E-state index contributed by atoms with van der Waals surface area (Å²) in [4.78, 5) is 23.9. The number of hydrogen-bond acceptors (Lipinski definition) is 8. The standard InChI is InChI=1S/C20H21BrN6O3/c1-11(8-29-2)27(7-12-3-4-18(21)26-25-12)20(28)16-5-13-14-9-30-10-15(14)19(22)24-17(13)6-23-16/h3-6,11H,7-10H2,1-2H3,(H2,22,24)/t11-/m1/s1. The van der Waals surface area contributed by atoms with E-state index in [9.17, 15) is 4.79 Å². The van der Waals surface area contributed by atoms with Gasteiger partial charge in [-0.15, -0.1) is 5.10 Å². The lowest BCUT2D eigenvalue weighted by atomic mass is 10.1. The van der Waals surface area contributed by atoms with Crippen molar-refractivity contribution in [3.8, 4) is 0 Å². The highest BCUT2D eigenvalue weighted by Gasteiger charge is 2.26. The van der Waals surface area contributed by atoms with Crippen molar-refractivity contribution < 1.29 is 14.3 Å². The van der Waals surface area contributed by atoms with Gasteiger partial charge in [-0.1, -0.05) is 0 Å². The number of pyridine rings is 2. The second-order valence-corrected chi connectivity index (χ2v) is 7.93.